The molecule has 1 aromatic heterocycles. The van der Waals surface area contributed by atoms with Gasteiger partial charge in [0.25, 0.3) is 0 Å². The van der Waals surface area contributed by atoms with Crippen LogP contribution in [-0.2, 0) is 16.6 Å². The van der Waals surface area contributed by atoms with Crippen molar-refractivity contribution in [2.75, 3.05) is 12.4 Å². The van der Waals surface area contributed by atoms with Gasteiger partial charge in [0.15, 0.2) is 5.82 Å². The van der Waals surface area contributed by atoms with Crippen molar-refractivity contribution in [1.29, 1.82) is 0 Å². The highest BCUT2D eigenvalue weighted by Gasteiger charge is 2.10. The minimum atomic E-state index is -3.40. The number of benzene rings is 1. The Bertz CT molecular complexity index is 649. The van der Waals surface area contributed by atoms with Crippen molar-refractivity contribution in [2.24, 2.45) is 0 Å². The second-order valence-corrected chi connectivity index (χ2v) is 5.70. The Morgan fingerprint density at radius 1 is 1.26 bits per heavy atom. The molecule has 1 heterocycles. The number of rotatable bonds is 5. The van der Waals surface area contributed by atoms with Gasteiger partial charge in [-0.2, -0.15) is 4.98 Å². The predicted molar refractivity (Wildman–Crippen MR) is 69.0 cm³/mol. The molecule has 0 radical (unpaired) electrons. The molecule has 0 saturated carbocycles. The fourth-order valence-electron chi connectivity index (χ4n) is 1.46. The maximum absolute atomic E-state index is 11.5. The summed E-state index contributed by atoms with van der Waals surface area (Å²) in [6.07, 6.45) is 0. The average Bonchev–Trinajstić information content (AvgIpc) is 2.83. The lowest BCUT2D eigenvalue weighted by atomic mass is 10.3. The van der Waals surface area contributed by atoms with Crippen molar-refractivity contribution in [3.05, 3.63) is 36.0 Å². The SMILES string of the molecule is CNS(=O)(=O)c1ccc(NCc2noc(C)n2)cc1. The molecule has 2 rings (SSSR count). The van der Waals surface area contributed by atoms with E-state index in [1.807, 2.05) is 0 Å². The molecule has 7 nitrogen and oxygen atoms in total. The molecule has 2 N–H and O–H groups in total. The van der Waals surface area contributed by atoms with Crippen LogP contribution in [0.15, 0.2) is 33.7 Å². The van der Waals surface area contributed by atoms with Crippen LogP contribution in [0.3, 0.4) is 0 Å². The molecule has 0 aliphatic heterocycles. The molecule has 0 fully saturated rings. The molecule has 0 saturated heterocycles. The number of hydrogen-bond donors (Lipinski definition) is 2. The van der Waals surface area contributed by atoms with Crippen LogP contribution in [0.1, 0.15) is 11.7 Å². The lowest BCUT2D eigenvalue weighted by molar-refractivity contribution is 0.388. The first kappa shape index (κ1) is 13.5. The summed E-state index contributed by atoms with van der Waals surface area (Å²) in [5.41, 5.74) is 0.775. The third-order valence-electron chi connectivity index (χ3n) is 2.45. The summed E-state index contributed by atoms with van der Waals surface area (Å²) >= 11 is 0. The van der Waals surface area contributed by atoms with Crippen LogP contribution >= 0.6 is 0 Å². The summed E-state index contributed by atoms with van der Waals surface area (Å²) in [4.78, 5) is 4.27. The minimum absolute atomic E-state index is 0.218. The van der Waals surface area contributed by atoms with Crippen molar-refractivity contribution in [1.82, 2.24) is 14.9 Å². The number of anilines is 1. The number of nitrogens with one attached hydrogen (secondary N) is 2. The van der Waals surface area contributed by atoms with Crippen LogP contribution < -0.4 is 10.0 Å². The van der Waals surface area contributed by atoms with Crippen LogP contribution in [0.4, 0.5) is 5.69 Å². The molecule has 19 heavy (non-hydrogen) atoms. The van der Waals surface area contributed by atoms with Crippen molar-refractivity contribution in [2.45, 2.75) is 18.4 Å². The smallest absolute Gasteiger partial charge is 0.240 e. The minimum Gasteiger partial charge on any atom is -0.378 e. The summed E-state index contributed by atoms with van der Waals surface area (Å²) in [5, 5.41) is 6.82. The standard InChI is InChI=1S/C11H14N4O3S/c1-8-14-11(15-18-8)7-13-9-3-5-10(6-4-9)19(16,17)12-2/h3-6,12-13H,7H2,1-2H3. The number of aromatic nitrogens is 2. The van der Waals surface area contributed by atoms with Crippen LogP contribution in [0.5, 0.6) is 0 Å². The lowest BCUT2D eigenvalue weighted by Gasteiger charge is -2.05. The van der Waals surface area contributed by atoms with E-state index in [0.29, 0.717) is 18.3 Å². The van der Waals surface area contributed by atoms with E-state index >= 15 is 0 Å². The Labute approximate surface area is 111 Å². The zero-order valence-corrected chi connectivity index (χ0v) is 11.4. The molecular weight excluding hydrogens is 268 g/mol. The maximum atomic E-state index is 11.5. The van der Waals surface area contributed by atoms with E-state index in [9.17, 15) is 8.42 Å². The molecule has 0 bridgehead atoms. The van der Waals surface area contributed by atoms with E-state index in [1.165, 1.54) is 19.2 Å². The van der Waals surface area contributed by atoms with Gasteiger partial charge in [0, 0.05) is 12.6 Å². The molecule has 102 valence electrons. The zero-order chi connectivity index (χ0) is 13.9. The van der Waals surface area contributed by atoms with Crippen LogP contribution in [0.25, 0.3) is 0 Å². The van der Waals surface area contributed by atoms with Gasteiger partial charge < -0.3 is 9.84 Å². The number of aryl methyl sites for hydroxylation is 1. The molecule has 0 unspecified atom stereocenters. The van der Waals surface area contributed by atoms with Gasteiger partial charge in [0.05, 0.1) is 11.4 Å². The zero-order valence-electron chi connectivity index (χ0n) is 10.5. The van der Waals surface area contributed by atoms with E-state index < -0.39 is 10.0 Å². The van der Waals surface area contributed by atoms with Gasteiger partial charge in [-0.1, -0.05) is 5.16 Å². The number of hydrogen-bond acceptors (Lipinski definition) is 6. The molecular formula is C11H14N4O3S. The normalized spacial score (nSPS) is 11.5. The molecule has 0 aliphatic carbocycles. The summed E-state index contributed by atoms with van der Waals surface area (Å²) in [6.45, 7) is 2.13. The summed E-state index contributed by atoms with van der Waals surface area (Å²) in [7, 11) is -2.02. The van der Waals surface area contributed by atoms with Gasteiger partial charge in [-0.05, 0) is 31.3 Å². The van der Waals surface area contributed by atoms with Crippen LogP contribution in [0.2, 0.25) is 0 Å². The maximum Gasteiger partial charge on any atom is 0.240 e. The van der Waals surface area contributed by atoms with Gasteiger partial charge >= 0.3 is 0 Å². The first-order valence-corrected chi connectivity index (χ1v) is 7.06. The number of sulfonamides is 1. The third kappa shape index (κ3) is 3.30. The number of nitrogens with zero attached hydrogens (tertiary/aromatic N) is 2. The quantitative estimate of drug-likeness (QED) is 0.845. The van der Waals surface area contributed by atoms with Gasteiger partial charge in [-0.3, -0.25) is 0 Å². The second-order valence-electron chi connectivity index (χ2n) is 3.82. The van der Waals surface area contributed by atoms with Gasteiger partial charge in [-0.25, -0.2) is 13.1 Å². The predicted octanol–water partition coefficient (Wildman–Crippen LogP) is 0.898. The first-order chi connectivity index (χ1) is 9.01. The first-order valence-electron chi connectivity index (χ1n) is 5.58. The molecule has 8 heteroatoms. The second kappa shape index (κ2) is 5.37. The van der Waals surface area contributed by atoms with E-state index in [2.05, 4.69) is 20.2 Å². The Kier molecular flexibility index (Phi) is 3.82. The van der Waals surface area contributed by atoms with Crippen molar-refractivity contribution < 1.29 is 12.9 Å². The van der Waals surface area contributed by atoms with E-state index in [-0.39, 0.29) is 4.90 Å². The van der Waals surface area contributed by atoms with Crippen molar-refractivity contribution >= 4 is 15.7 Å². The molecule has 0 aliphatic rings. The molecule has 0 atom stereocenters. The monoisotopic (exact) mass is 282 g/mol. The fraction of sp³-hybridized carbons (Fsp3) is 0.273. The fourth-order valence-corrected chi connectivity index (χ4v) is 2.19. The van der Waals surface area contributed by atoms with Crippen molar-refractivity contribution in [3.63, 3.8) is 0 Å². The van der Waals surface area contributed by atoms with E-state index in [4.69, 9.17) is 4.52 Å². The molecule has 2 aromatic rings. The Hall–Kier alpha value is -1.93. The lowest BCUT2D eigenvalue weighted by Crippen LogP contribution is -2.18. The highest BCUT2D eigenvalue weighted by molar-refractivity contribution is 7.89. The summed E-state index contributed by atoms with van der Waals surface area (Å²) in [6, 6.07) is 6.40. The van der Waals surface area contributed by atoms with Crippen LogP contribution in [0, 0.1) is 6.92 Å². The highest BCUT2D eigenvalue weighted by atomic mass is 32.2. The van der Waals surface area contributed by atoms with Gasteiger partial charge in [-0.15, -0.1) is 0 Å². The molecule has 1 aromatic carbocycles. The largest absolute Gasteiger partial charge is 0.378 e. The van der Waals surface area contributed by atoms with Crippen LogP contribution in [-0.4, -0.2) is 25.6 Å². The Morgan fingerprint density at radius 3 is 2.47 bits per heavy atom. The summed E-state index contributed by atoms with van der Waals surface area (Å²) in [5.74, 6) is 1.05. The van der Waals surface area contributed by atoms with E-state index in [0.717, 1.165) is 5.69 Å². The highest BCUT2D eigenvalue weighted by Crippen LogP contribution is 2.14. The van der Waals surface area contributed by atoms with Gasteiger partial charge in [0.1, 0.15) is 0 Å². The van der Waals surface area contributed by atoms with Gasteiger partial charge in [0.2, 0.25) is 15.9 Å². The van der Waals surface area contributed by atoms with E-state index in [1.54, 1.807) is 19.1 Å². The third-order valence-corrected chi connectivity index (χ3v) is 3.88. The Balaban J connectivity index is 2.03. The average molecular weight is 282 g/mol. The summed E-state index contributed by atoms with van der Waals surface area (Å²) < 4.78 is 30.2. The molecule has 0 spiro atoms. The Morgan fingerprint density at radius 2 is 1.95 bits per heavy atom. The molecule has 0 amide bonds. The van der Waals surface area contributed by atoms with Crippen molar-refractivity contribution in [3.8, 4) is 0 Å². The topological polar surface area (TPSA) is 97.1 Å².